The molecule has 2 N–H and O–H groups in total. The van der Waals surface area contributed by atoms with Gasteiger partial charge in [-0.2, -0.15) is 0 Å². The maximum absolute atomic E-state index is 9.63. The smallest absolute Gasteiger partial charge is 0.194 e. The monoisotopic (exact) mass is 554 g/mol. The highest BCUT2D eigenvalue weighted by molar-refractivity contribution is 14.0. The molecule has 176 valence electrons. The van der Waals surface area contributed by atoms with Gasteiger partial charge in [0.05, 0.1) is 14.2 Å². The van der Waals surface area contributed by atoms with E-state index in [2.05, 4.69) is 28.1 Å². The van der Waals surface area contributed by atoms with Crippen LogP contribution in [0.15, 0.2) is 47.5 Å². The summed E-state index contributed by atoms with van der Waals surface area (Å²) in [6.45, 7) is 8.21. The Kier molecular flexibility index (Phi) is 10.9. The minimum Gasteiger partial charge on any atom is -0.508 e. The summed E-state index contributed by atoms with van der Waals surface area (Å²) in [4.78, 5) is 9.58. The van der Waals surface area contributed by atoms with Crippen LogP contribution >= 0.6 is 24.0 Å². The van der Waals surface area contributed by atoms with Crippen LogP contribution < -0.4 is 14.8 Å². The lowest BCUT2D eigenvalue weighted by Crippen LogP contribution is -2.52. The second-order valence-electron chi connectivity index (χ2n) is 7.60. The molecular formula is C24H35IN4O3. The fraction of sp³-hybridized carbons (Fsp3) is 0.458. The number of nitrogens with zero attached hydrogens (tertiary/aromatic N) is 3. The molecule has 2 aromatic carbocycles. The van der Waals surface area contributed by atoms with Gasteiger partial charge in [0.1, 0.15) is 17.2 Å². The zero-order valence-electron chi connectivity index (χ0n) is 19.2. The highest BCUT2D eigenvalue weighted by Crippen LogP contribution is 2.25. The molecule has 8 heteroatoms. The molecule has 32 heavy (non-hydrogen) atoms. The molecule has 1 saturated heterocycles. The third-order valence-corrected chi connectivity index (χ3v) is 5.46. The molecule has 1 aliphatic rings. The Morgan fingerprint density at radius 1 is 1.06 bits per heavy atom. The van der Waals surface area contributed by atoms with Crippen LogP contribution in [0.25, 0.3) is 0 Å². The molecule has 0 aromatic heterocycles. The van der Waals surface area contributed by atoms with E-state index < -0.39 is 0 Å². The largest absolute Gasteiger partial charge is 0.508 e. The number of methoxy groups -OCH3 is 2. The minimum absolute atomic E-state index is 0. The van der Waals surface area contributed by atoms with Crippen molar-refractivity contribution in [3.63, 3.8) is 0 Å². The summed E-state index contributed by atoms with van der Waals surface area (Å²) in [7, 11) is 3.39. The Morgan fingerprint density at radius 3 is 2.50 bits per heavy atom. The highest BCUT2D eigenvalue weighted by atomic mass is 127. The quantitative estimate of drug-likeness (QED) is 0.297. The van der Waals surface area contributed by atoms with Crippen molar-refractivity contribution in [3.8, 4) is 17.2 Å². The SMILES string of the molecule is CCNC(=NCCc1cccc(O)c1)N1CCN(Cc2cc(OC)ccc2OC)CC1.I. The molecule has 0 aliphatic carbocycles. The van der Waals surface area contributed by atoms with E-state index in [0.717, 1.165) is 74.3 Å². The average molecular weight is 554 g/mol. The van der Waals surface area contributed by atoms with Crippen molar-refractivity contribution in [2.24, 2.45) is 4.99 Å². The van der Waals surface area contributed by atoms with Crippen molar-refractivity contribution in [1.29, 1.82) is 0 Å². The molecule has 0 bridgehead atoms. The van der Waals surface area contributed by atoms with Crippen molar-refractivity contribution in [2.75, 3.05) is 53.5 Å². The first kappa shape index (κ1) is 26.1. The number of hydrogen-bond acceptors (Lipinski definition) is 5. The Hall–Kier alpha value is -2.20. The van der Waals surface area contributed by atoms with E-state index in [1.165, 1.54) is 0 Å². The second-order valence-corrected chi connectivity index (χ2v) is 7.60. The van der Waals surface area contributed by atoms with E-state index in [4.69, 9.17) is 14.5 Å². The lowest BCUT2D eigenvalue weighted by atomic mass is 10.1. The zero-order valence-corrected chi connectivity index (χ0v) is 21.5. The van der Waals surface area contributed by atoms with E-state index >= 15 is 0 Å². The summed E-state index contributed by atoms with van der Waals surface area (Å²) in [5.74, 6) is 3.01. The Labute approximate surface area is 208 Å². The fourth-order valence-corrected chi connectivity index (χ4v) is 3.79. The topological polar surface area (TPSA) is 69.6 Å². The Bertz CT molecular complexity index is 870. The summed E-state index contributed by atoms with van der Waals surface area (Å²) in [5, 5.41) is 13.0. The van der Waals surface area contributed by atoms with Gasteiger partial charge in [0.2, 0.25) is 0 Å². The van der Waals surface area contributed by atoms with Gasteiger partial charge in [0.15, 0.2) is 5.96 Å². The van der Waals surface area contributed by atoms with Gasteiger partial charge in [-0.05, 0) is 49.2 Å². The van der Waals surface area contributed by atoms with Gasteiger partial charge in [0, 0.05) is 51.4 Å². The molecule has 1 heterocycles. The average Bonchev–Trinajstić information content (AvgIpc) is 2.79. The molecule has 0 spiro atoms. The first-order valence-corrected chi connectivity index (χ1v) is 10.9. The number of piperazine rings is 1. The van der Waals surface area contributed by atoms with E-state index in [9.17, 15) is 5.11 Å². The van der Waals surface area contributed by atoms with Crippen molar-refractivity contribution in [1.82, 2.24) is 15.1 Å². The van der Waals surface area contributed by atoms with E-state index in [1.807, 2.05) is 24.3 Å². The predicted molar refractivity (Wildman–Crippen MR) is 140 cm³/mol. The minimum atomic E-state index is 0. The Balaban J connectivity index is 0.00000363. The van der Waals surface area contributed by atoms with Crippen LogP contribution in [0.4, 0.5) is 0 Å². The zero-order chi connectivity index (χ0) is 22.1. The third kappa shape index (κ3) is 7.44. The number of hydrogen-bond donors (Lipinski definition) is 2. The van der Waals surface area contributed by atoms with Gasteiger partial charge < -0.3 is 24.8 Å². The lowest BCUT2D eigenvalue weighted by molar-refractivity contribution is 0.171. The first-order valence-electron chi connectivity index (χ1n) is 10.9. The number of aliphatic imine (C=N–C) groups is 1. The lowest BCUT2D eigenvalue weighted by Gasteiger charge is -2.36. The molecule has 2 aromatic rings. The second kappa shape index (κ2) is 13.4. The fourth-order valence-electron chi connectivity index (χ4n) is 3.79. The van der Waals surface area contributed by atoms with Gasteiger partial charge in [-0.1, -0.05) is 12.1 Å². The number of halogens is 1. The summed E-state index contributed by atoms with van der Waals surface area (Å²) >= 11 is 0. The number of guanidine groups is 1. The first-order chi connectivity index (χ1) is 15.1. The summed E-state index contributed by atoms with van der Waals surface area (Å²) in [5.41, 5.74) is 2.23. The van der Waals surface area contributed by atoms with Gasteiger partial charge in [-0.25, -0.2) is 0 Å². The van der Waals surface area contributed by atoms with Gasteiger partial charge in [-0.15, -0.1) is 24.0 Å². The third-order valence-electron chi connectivity index (χ3n) is 5.46. The van der Waals surface area contributed by atoms with Crippen LogP contribution in [0.2, 0.25) is 0 Å². The number of phenolic OH excluding ortho intramolecular Hbond substituents is 1. The van der Waals surface area contributed by atoms with Crippen LogP contribution in [0, 0.1) is 0 Å². The van der Waals surface area contributed by atoms with E-state index in [-0.39, 0.29) is 24.0 Å². The predicted octanol–water partition coefficient (Wildman–Crippen LogP) is 3.35. The van der Waals surface area contributed by atoms with Gasteiger partial charge >= 0.3 is 0 Å². The molecule has 7 nitrogen and oxygen atoms in total. The molecule has 0 atom stereocenters. The summed E-state index contributed by atoms with van der Waals surface area (Å²) < 4.78 is 10.9. The van der Waals surface area contributed by atoms with E-state index in [1.54, 1.807) is 26.4 Å². The van der Waals surface area contributed by atoms with Crippen molar-refractivity contribution in [3.05, 3.63) is 53.6 Å². The number of benzene rings is 2. The standard InChI is InChI=1S/C24H34N4O3.HI/c1-4-25-24(26-11-10-19-6-5-7-21(29)16-19)28-14-12-27(13-15-28)18-20-17-22(30-2)8-9-23(20)31-3;/h5-9,16-17,29H,4,10-15,18H2,1-3H3,(H,25,26);1H. The molecule has 0 unspecified atom stereocenters. The molecule has 0 saturated carbocycles. The molecule has 1 aliphatic heterocycles. The van der Waals surface area contributed by atoms with Crippen LogP contribution in [0.5, 0.6) is 17.2 Å². The van der Waals surface area contributed by atoms with Crippen LogP contribution in [0.3, 0.4) is 0 Å². The highest BCUT2D eigenvalue weighted by Gasteiger charge is 2.20. The van der Waals surface area contributed by atoms with Crippen LogP contribution in [0.1, 0.15) is 18.1 Å². The van der Waals surface area contributed by atoms with Crippen molar-refractivity contribution >= 4 is 29.9 Å². The summed E-state index contributed by atoms with van der Waals surface area (Å²) in [6.07, 6.45) is 0.804. The van der Waals surface area contributed by atoms with Crippen molar-refractivity contribution in [2.45, 2.75) is 19.9 Å². The number of phenols is 1. The summed E-state index contributed by atoms with van der Waals surface area (Å²) in [6, 6.07) is 13.3. The van der Waals surface area contributed by atoms with E-state index in [0.29, 0.717) is 12.3 Å². The normalized spacial score (nSPS) is 14.6. The van der Waals surface area contributed by atoms with Crippen LogP contribution in [-0.2, 0) is 13.0 Å². The number of nitrogens with one attached hydrogen (secondary N) is 1. The number of ether oxygens (including phenoxy) is 2. The Morgan fingerprint density at radius 2 is 1.84 bits per heavy atom. The number of rotatable bonds is 8. The molecule has 1 fully saturated rings. The van der Waals surface area contributed by atoms with Crippen LogP contribution in [-0.4, -0.2) is 74.4 Å². The molecule has 3 rings (SSSR count). The van der Waals surface area contributed by atoms with Gasteiger partial charge in [0.25, 0.3) is 0 Å². The maximum atomic E-state index is 9.63. The molecule has 0 radical (unpaired) electrons. The molecular weight excluding hydrogens is 519 g/mol. The maximum Gasteiger partial charge on any atom is 0.194 e. The van der Waals surface area contributed by atoms with Crippen molar-refractivity contribution < 1.29 is 14.6 Å². The molecule has 0 amide bonds. The number of aromatic hydroxyl groups is 1. The van der Waals surface area contributed by atoms with Gasteiger partial charge in [-0.3, -0.25) is 9.89 Å².